The number of alkyl halides is 3. The van der Waals surface area contributed by atoms with Crippen LogP contribution in [0.15, 0.2) is 48.8 Å². The van der Waals surface area contributed by atoms with Crippen LogP contribution in [-0.2, 0) is 6.18 Å². The Morgan fingerprint density at radius 3 is 2.50 bits per heavy atom. The summed E-state index contributed by atoms with van der Waals surface area (Å²) in [7, 11) is 0. The van der Waals surface area contributed by atoms with Gasteiger partial charge in [0.2, 0.25) is 0 Å². The predicted molar refractivity (Wildman–Crippen MR) is 71.2 cm³/mol. The summed E-state index contributed by atoms with van der Waals surface area (Å²) in [5.74, 6) is 0. The molecule has 0 amide bonds. The van der Waals surface area contributed by atoms with Crippen molar-refractivity contribution in [3.8, 4) is 0 Å². The van der Waals surface area contributed by atoms with Crippen molar-refractivity contribution in [3.05, 3.63) is 65.5 Å². The van der Waals surface area contributed by atoms with Gasteiger partial charge in [-0.2, -0.15) is 13.2 Å². The lowest BCUT2D eigenvalue weighted by molar-refractivity contribution is -0.137. The third-order valence-corrected chi connectivity index (χ3v) is 2.97. The van der Waals surface area contributed by atoms with Crippen LogP contribution in [-0.4, -0.2) is 11.5 Å². The van der Waals surface area contributed by atoms with Gasteiger partial charge in [-0.25, -0.2) is 0 Å². The molecule has 2 nitrogen and oxygen atoms in total. The molecule has 1 aromatic carbocycles. The first kappa shape index (κ1) is 14.5. The second-order valence-corrected chi connectivity index (χ2v) is 4.40. The lowest BCUT2D eigenvalue weighted by atomic mass is 9.98. The smallest absolute Gasteiger partial charge is 0.306 e. The molecule has 2 rings (SSSR count). The van der Waals surface area contributed by atoms with E-state index >= 15 is 0 Å². The van der Waals surface area contributed by atoms with Gasteiger partial charge in [-0.15, -0.1) is 0 Å². The number of hydrogen-bond donors (Lipinski definition) is 1. The van der Waals surface area contributed by atoms with Crippen LogP contribution in [0.4, 0.5) is 13.2 Å². The Kier molecular flexibility index (Phi) is 4.39. The number of benzene rings is 1. The largest absolute Gasteiger partial charge is 0.416 e. The molecule has 0 saturated heterocycles. The van der Waals surface area contributed by atoms with E-state index in [1.807, 2.05) is 13.0 Å². The van der Waals surface area contributed by atoms with Crippen molar-refractivity contribution in [1.82, 2.24) is 10.3 Å². The van der Waals surface area contributed by atoms with Crippen molar-refractivity contribution in [2.75, 3.05) is 6.54 Å². The number of nitrogens with one attached hydrogen (secondary N) is 1. The van der Waals surface area contributed by atoms with E-state index in [0.29, 0.717) is 12.1 Å². The minimum atomic E-state index is -4.33. The van der Waals surface area contributed by atoms with Gasteiger partial charge in [-0.05, 0) is 35.9 Å². The molecule has 0 aliphatic heterocycles. The summed E-state index contributed by atoms with van der Waals surface area (Å²) in [6.45, 7) is 2.56. The summed E-state index contributed by atoms with van der Waals surface area (Å²) in [4.78, 5) is 4.02. The van der Waals surface area contributed by atoms with E-state index in [0.717, 1.165) is 11.6 Å². The monoisotopic (exact) mass is 280 g/mol. The number of halogens is 3. The molecule has 1 atom stereocenters. The molecule has 0 radical (unpaired) electrons. The quantitative estimate of drug-likeness (QED) is 0.921. The zero-order valence-corrected chi connectivity index (χ0v) is 11.0. The number of rotatable bonds is 4. The fraction of sp³-hybridized carbons (Fsp3) is 0.267. The molecule has 0 aliphatic rings. The SMILES string of the molecule is CCNC(c1cccnc1)c1cccc(C(F)(F)F)c1. The minimum Gasteiger partial charge on any atom is -0.306 e. The summed E-state index contributed by atoms with van der Waals surface area (Å²) in [6.07, 6.45) is -1.03. The summed E-state index contributed by atoms with van der Waals surface area (Å²) >= 11 is 0. The van der Waals surface area contributed by atoms with Gasteiger partial charge < -0.3 is 5.32 Å². The number of hydrogen-bond acceptors (Lipinski definition) is 2. The molecule has 0 bridgehead atoms. The van der Waals surface area contributed by atoms with Gasteiger partial charge in [-0.3, -0.25) is 4.98 Å². The van der Waals surface area contributed by atoms with E-state index in [-0.39, 0.29) is 6.04 Å². The lowest BCUT2D eigenvalue weighted by Gasteiger charge is -2.19. The highest BCUT2D eigenvalue weighted by Gasteiger charge is 2.31. The van der Waals surface area contributed by atoms with E-state index < -0.39 is 11.7 Å². The van der Waals surface area contributed by atoms with E-state index in [2.05, 4.69) is 10.3 Å². The van der Waals surface area contributed by atoms with Gasteiger partial charge in [0.1, 0.15) is 0 Å². The predicted octanol–water partition coefficient (Wildman–Crippen LogP) is 3.80. The maximum atomic E-state index is 12.8. The highest BCUT2D eigenvalue weighted by molar-refractivity contribution is 5.34. The summed E-state index contributed by atoms with van der Waals surface area (Å²) in [5, 5.41) is 3.19. The Hall–Kier alpha value is -1.88. The lowest BCUT2D eigenvalue weighted by Crippen LogP contribution is -2.22. The number of nitrogens with zero attached hydrogens (tertiary/aromatic N) is 1. The third kappa shape index (κ3) is 3.36. The Balaban J connectivity index is 2.40. The molecule has 1 heterocycles. The van der Waals surface area contributed by atoms with Crippen LogP contribution in [0.1, 0.15) is 29.7 Å². The highest BCUT2D eigenvalue weighted by atomic mass is 19.4. The molecular formula is C15H15F3N2. The molecule has 1 N–H and O–H groups in total. The van der Waals surface area contributed by atoms with Crippen LogP contribution in [0.3, 0.4) is 0 Å². The second kappa shape index (κ2) is 6.05. The van der Waals surface area contributed by atoms with E-state index in [1.165, 1.54) is 12.1 Å². The Morgan fingerprint density at radius 1 is 1.15 bits per heavy atom. The Bertz CT molecular complexity index is 553. The first-order valence-electron chi connectivity index (χ1n) is 6.33. The van der Waals surface area contributed by atoms with Crippen LogP contribution in [0.2, 0.25) is 0 Å². The molecule has 20 heavy (non-hydrogen) atoms. The van der Waals surface area contributed by atoms with Crippen molar-refractivity contribution >= 4 is 0 Å². The maximum absolute atomic E-state index is 12.8. The Morgan fingerprint density at radius 2 is 1.90 bits per heavy atom. The highest BCUT2D eigenvalue weighted by Crippen LogP contribution is 2.31. The standard InChI is InChI=1S/C15H15F3N2/c1-2-20-14(12-6-4-8-19-10-12)11-5-3-7-13(9-11)15(16,17)18/h3-10,14,20H,2H2,1H3. The van der Waals surface area contributed by atoms with Crippen LogP contribution in [0, 0.1) is 0 Å². The molecule has 0 aliphatic carbocycles. The van der Waals surface area contributed by atoms with Crippen molar-refractivity contribution in [2.24, 2.45) is 0 Å². The van der Waals surface area contributed by atoms with Gasteiger partial charge >= 0.3 is 6.18 Å². The summed E-state index contributed by atoms with van der Waals surface area (Å²) in [5.41, 5.74) is 0.783. The maximum Gasteiger partial charge on any atom is 0.416 e. The third-order valence-electron chi connectivity index (χ3n) is 2.97. The van der Waals surface area contributed by atoms with Gasteiger partial charge in [0.05, 0.1) is 11.6 Å². The number of aromatic nitrogens is 1. The van der Waals surface area contributed by atoms with Gasteiger partial charge in [0.15, 0.2) is 0 Å². The summed E-state index contributed by atoms with van der Waals surface area (Å²) < 4.78 is 38.4. The molecule has 0 spiro atoms. The van der Waals surface area contributed by atoms with Crippen LogP contribution >= 0.6 is 0 Å². The van der Waals surface area contributed by atoms with Crippen LogP contribution in [0.5, 0.6) is 0 Å². The molecular weight excluding hydrogens is 265 g/mol. The molecule has 5 heteroatoms. The van der Waals surface area contributed by atoms with Gasteiger partial charge in [0, 0.05) is 12.4 Å². The second-order valence-electron chi connectivity index (χ2n) is 4.40. The summed E-state index contributed by atoms with van der Waals surface area (Å²) in [6, 6.07) is 8.70. The topological polar surface area (TPSA) is 24.9 Å². The fourth-order valence-corrected chi connectivity index (χ4v) is 2.07. The van der Waals surface area contributed by atoms with Crippen LogP contribution in [0.25, 0.3) is 0 Å². The van der Waals surface area contributed by atoms with E-state index in [1.54, 1.807) is 24.5 Å². The number of pyridine rings is 1. The zero-order chi connectivity index (χ0) is 14.6. The molecule has 0 fully saturated rings. The fourth-order valence-electron chi connectivity index (χ4n) is 2.07. The minimum absolute atomic E-state index is 0.295. The van der Waals surface area contributed by atoms with Gasteiger partial charge in [-0.1, -0.05) is 25.1 Å². The Labute approximate surface area is 115 Å². The van der Waals surface area contributed by atoms with Crippen molar-refractivity contribution in [3.63, 3.8) is 0 Å². The zero-order valence-electron chi connectivity index (χ0n) is 11.0. The normalized spacial score (nSPS) is 13.2. The first-order chi connectivity index (χ1) is 9.52. The van der Waals surface area contributed by atoms with E-state index in [9.17, 15) is 13.2 Å². The average molecular weight is 280 g/mol. The van der Waals surface area contributed by atoms with Crippen molar-refractivity contribution in [1.29, 1.82) is 0 Å². The van der Waals surface area contributed by atoms with E-state index in [4.69, 9.17) is 0 Å². The van der Waals surface area contributed by atoms with Crippen molar-refractivity contribution < 1.29 is 13.2 Å². The molecule has 2 aromatic rings. The average Bonchev–Trinajstić information content (AvgIpc) is 2.45. The first-order valence-corrected chi connectivity index (χ1v) is 6.33. The van der Waals surface area contributed by atoms with Crippen molar-refractivity contribution in [2.45, 2.75) is 19.1 Å². The van der Waals surface area contributed by atoms with Gasteiger partial charge in [0.25, 0.3) is 0 Å². The molecule has 1 aromatic heterocycles. The molecule has 1 unspecified atom stereocenters. The molecule has 0 saturated carbocycles. The van der Waals surface area contributed by atoms with Crippen LogP contribution < -0.4 is 5.32 Å². The molecule has 106 valence electrons.